The van der Waals surface area contributed by atoms with Crippen LogP contribution in [0.4, 0.5) is 0 Å². The van der Waals surface area contributed by atoms with Gasteiger partial charge >= 0.3 is 0 Å². The molecular formula is C11H19N3S. The lowest BCUT2D eigenvalue weighted by molar-refractivity contribution is 0.207. The summed E-state index contributed by atoms with van der Waals surface area (Å²) < 4.78 is 0. The first kappa shape index (κ1) is 11.0. The molecule has 0 spiro atoms. The van der Waals surface area contributed by atoms with Gasteiger partial charge in [-0.1, -0.05) is 6.92 Å². The van der Waals surface area contributed by atoms with Crippen LogP contribution in [0.2, 0.25) is 0 Å². The first-order chi connectivity index (χ1) is 7.28. The van der Waals surface area contributed by atoms with Gasteiger partial charge in [0, 0.05) is 23.7 Å². The molecule has 2 rings (SSSR count). The maximum atomic E-state index is 5.88. The fourth-order valence-electron chi connectivity index (χ4n) is 1.92. The molecule has 0 aliphatic carbocycles. The smallest absolute Gasteiger partial charge is 0.0925 e. The van der Waals surface area contributed by atoms with Crippen LogP contribution >= 0.6 is 11.3 Å². The second-order valence-corrected chi connectivity index (χ2v) is 5.39. The summed E-state index contributed by atoms with van der Waals surface area (Å²) in [5.74, 6) is 0. The second-order valence-electron chi connectivity index (χ2n) is 4.19. The van der Waals surface area contributed by atoms with Gasteiger partial charge in [-0.05, 0) is 32.4 Å². The molecule has 4 heteroatoms. The van der Waals surface area contributed by atoms with Crippen molar-refractivity contribution < 1.29 is 0 Å². The molecule has 0 atom stereocenters. The van der Waals surface area contributed by atoms with Crippen molar-refractivity contribution in [1.82, 2.24) is 9.88 Å². The van der Waals surface area contributed by atoms with Crippen molar-refractivity contribution in [3.63, 3.8) is 0 Å². The molecule has 2 N–H and O–H groups in total. The van der Waals surface area contributed by atoms with Crippen LogP contribution in [0.15, 0.2) is 6.20 Å². The maximum absolute atomic E-state index is 5.88. The molecule has 0 amide bonds. The summed E-state index contributed by atoms with van der Waals surface area (Å²) in [6.07, 6.45) is 5.35. The van der Waals surface area contributed by atoms with Gasteiger partial charge in [-0.25, -0.2) is 4.98 Å². The predicted molar refractivity (Wildman–Crippen MR) is 64.0 cm³/mol. The normalized spacial score (nSPS) is 19.6. The third-order valence-electron chi connectivity index (χ3n) is 2.92. The van der Waals surface area contributed by atoms with E-state index in [1.165, 1.54) is 9.88 Å². The summed E-state index contributed by atoms with van der Waals surface area (Å²) in [5, 5.41) is 1.25. The number of thiazole rings is 1. The van der Waals surface area contributed by atoms with E-state index in [0.717, 1.165) is 38.9 Å². The van der Waals surface area contributed by atoms with Crippen LogP contribution in [-0.2, 0) is 13.0 Å². The van der Waals surface area contributed by atoms with E-state index in [0.29, 0.717) is 6.04 Å². The Labute approximate surface area is 95.3 Å². The summed E-state index contributed by atoms with van der Waals surface area (Å²) in [4.78, 5) is 8.26. The quantitative estimate of drug-likeness (QED) is 0.850. The van der Waals surface area contributed by atoms with Crippen LogP contribution < -0.4 is 5.73 Å². The minimum Gasteiger partial charge on any atom is -0.328 e. The summed E-state index contributed by atoms with van der Waals surface area (Å²) in [5.41, 5.74) is 5.88. The Balaban J connectivity index is 1.86. The number of hydrogen-bond acceptors (Lipinski definition) is 4. The Morgan fingerprint density at radius 3 is 2.87 bits per heavy atom. The average molecular weight is 225 g/mol. The first-order valence-electron chi connectivity index (χ1n) is 5.69. The van der Waals surface area contributed by atoms with Crippen LogP contribution in [0.5, 0.6) is 0 Å². The summed E-state index contributed by atoms with van der Waals surface area (Å²) in [6, 6.07) is 0.425. The number of piperidine rings is 1. The summed E-state index contributed by atoms with van der Waals surface area (Å²) >= 11 is 1.84. The van der Waals surface area contributed by atoms with Gasteiger partial charge in [0.25, 0.3) is 0 Å². The molecule has 1 saturated heterocycles. The van der Waals surface area contributed by atoms with E-state index >= 15 is 0 Å². The molecule has 1 aliphatic rings. The molecule has 1 aliphatic heterocycles. The number of aromatic nitrogens is 1. The van der Waals surface area contributed by atoms with Crippen molar-refractivity contribution in [3.8, 4) is 0 Å². The van der Waals surface area contributed by atoms with Gasteiger partial charge in [0.2, 0.25) is 0 Å². The number of nitrogens with two attached hydrogens (primary N) is 1. The monoisotopic (exact) mass is 225 g/mol. The molecule has 0 aromatic carbocycles. The molecule has 0 radical (unpaired) electrons. The molecule has 0 bridgehead atoms. The summed E-state index contributed by atoms with van der Waals surface area (Å²) in [7, 11) is 0. The summed E-state index contributed by atoms with van der Waals surface area (Å²) in [6.45, 7) is 5.49. The van der Waals surface area contributed by atoms with E-state index in [1.54, 1.807) is 0 Å². The fourth-order valence-corrected chi connectivity index (χ4v) is 2.82. The SMILES string of the molecule is CCc1ncc(CN2CCC(N)CC2)s1. The Kier molecular flexibility index (Phi) is 3.72. The van der Waals surface area contributed by atoms with Gasteiger partial charge in [0.05, 0.1) is 5.01 Å². The highest BCUT2D eigenvalue weighted by Crippen LogP contribution is 2.18. The molecule has 3 nitrogen and oxygen atoms in total. The topological polar surface area (TPSA) is 42.2 Å². The largest absolute Gasteiger partial charge is 0.328 e. The zero-order valence-electron chi connectivity index (χ0n) is 9.28. The van der Waals surface area contributed by atoms with Crippen molar-refractivity contribution >= 4 is 11.3 Å². The zero-order chi connectivity index (χ0) is 10.7. The van der Waals surface area contributed by atoms with E-state index in [1.807, 2.05) is 17.5 Å². The van der Waals surface area contributed by atoms with E-state index in [9.17, 15) is 0 Å². The van der Waals surface area contributed by atoms with E-state index in [4.69, 9.17) is 5.73 Å². The number of likely N-dealkylation sites (tertiary alicyclic amines) is 1. The Morgan fingerprint density at radius 1 is 1.53 bits per heavy atom. The van der Waals surface area contributed by atoms with E-state index < -0.39 is 0 Å². The lowest BCUT2D eigenvalue weighted by atomic mass is 10.1. The highest BCUT2D eigenvalue weighted by molar-refractivity contribution is 7.11. The van der Waals surface area contributed by atoms with Crippen molar-refractivity contribution in [2.75, 3.05) is 13.1 Å². The van der Waals surface area contributed by atoms with Crippen LogP contribution in [0.1, 0.15) is 29.7 Å². The Bertz CT molecular complexity index is 303. The Hall–Kier alpha value is -0.450. The average Bonchev–Trinajstić information content (AvgIpc) is 2.69. The van der Waals surface area contributed by atoms with Gasteiger partial charge < -0.3 is 5.73 Å². The molecule has 1 aromatic rings. The Morgan fingerprint density at radius 2 is 2.27 bits per heavy atom. The van der Waals surface area contributed by atoms with Gasteiger partial charge in [0.15, 0.2) is 0 Å². The van der Waals surface area contributed by atoms with Crippen molar-refractivity contribution in [2.24, 2.45) is 5.73 Å². The third kappa shape index (κ3) is 3.00. The van der Waals surface area contributed by atoms with E-state index in [-0.39, 0.29) is 0 Å². The number of rotatable bonds is 3. The highest BCUT2D eigenvalue weighted by Gasteiger charge is 2.16. The molecule has 84 valence electrons. The first-order valence-corrected chi connectivity index (χ1v) is 6.51. The van der Waals surface area contributed by atoms with Crippen LogP contribution in [-0.4, -0.2) is 29.0 Å². The number of hydrogen-bond donors (Lipinski definition) is 1. The lowest BCUT2D eigenvalue weighted by Gasteiger charge is -2.29. The maximum Gasteiger partial charge on any atom is 0.0925 e. The predicted octanol–water partition coefficient (Wildman–Crippen LogP) is 1.63. The highest BCUT2D eigenvalue weighted by atomic mass is 32.1. The van der Waals surface area contributed by atoms with Gasteiger partial charge in [-0.2, -0.15) is 0 Å². The second kappa shape index (κ2) is 5.05. The standard InChI is InChI=1S/C11H19N3S/c1-2-11-13-7-10(15-11)8-14-5-3-9(12)4-6-14/h7,9H,2-6,8,12H2,1H3. The minimum absolute atomic E-state index is 0.425. The molecule has 0 unspecified atom stereocenters. The zero-order valence-corrected chi connectivity index (χ0v) is 10.1. The van der Waals surface area contributed by atoms with Gasteiger partial charge in [-0.3, -0.25) is 4.90 Å². The molecule has 1 fully saturated rings. The number of nitrogens with zero attached hydrogens (tertiary/aromatic N) is 2. The van der Waals surface area contributed by atoms with E-state index in [2.05, 4.69) is 16.8 Å². The molecule has 1 aromatic heterocycles. The molecule has 15 heavy (non-hydrogen) atoms. The van der Waals surface area contributed by atoms with Crippen LogP contribution in [0.25, 0.3) is 0 Å². The molecular weight excluding hydrogens is 206 g/mol. The fraction of sp³-hybridized carbons (Fsp3) is 0.727. The van der Waals surface area contributed by atoms with Crippen molar-refractivity contribution in [1.29, 1.82) is 0 Å². The minimum atomic E-state index is 0.425. The van der Waals surface area contributed by atoms with Crippen molar-refractivity contribution in [2.45, 2.75) is 38.8 Å². The van der Waals surface area contributed by atoms with Crippen LogP contribution in [0, 0.1) is 0 Å². The lowest BCUT2D eigenvalue weighted by Crippen LogP contribution is -2.39. The molecule has 0 saturated carbocycles. The number of aryl methyl sites for hydroxylation is 1. The molecule has 2 heterocycles. The van der Waals surface area contributed by atoms with Crippen LogP contribution in [0.3, 0.4) is 0 Å². The van der Waals surface area contributed by atoms with Gasteiger partial charge in [-0.15, -0.1) is 11.3 Å². The van der Waals surface area contributed by atoms with Crippen molar-refractivity contribution in [3.05, 3.63) is 16.1 Å². The third-order valence-corrected chi connectivity index (χ3v) is 4.04. The van der Waals surface area contributed by atoms with Gasteiger partial charge in [0.1, 0.15) is 0 Å².